The highest BCUT2D eigenvalue weighted by molar-refractivity contribution is 6.32. The van der Waals surface area contributed by atoms with Crippen LogP contribution in [0, 0.1) is 0 Å². The normalized spacial score (nSPS) is 11.1. The van der Waals surface area contributed by atoms with Crippen molar-refractivity contribution in [1.29, 1.82) is 0 Å². The highest BCUT2D eigenvalue weighted by atomic mass is 35.5. The van der Waals surface area contributed by atoms with Gasteiger partial charge in [0.1, 0.15) is 11.4 Å². The minimum Gasteiger partial charge on any atom is -0.454 e. The molecule has 2 aromatic carbocycles. The first-order chi connectivity index (χ1) is 10.5. The summed E-state index contributed by atoms with van der Waals surface area (Å²) in [6.45, 7) is 0. The van der Waals surface area contributed by atoms with E-state index in [2.05, 4.69) is 9.98 Å². The van der Waals surface area contributed by atoms with Gasteiger partial charge in [0.25, 0.3) is 0 Å². The Labute approximate surface area is 137 Å². The van der Waals surface area contributed by atoms with Crippen molar-refractivity contribution in [3.8, 4) is 11.5 Å². The maximum absolute atomic E-state index is 6.07. The van der Waals surface area contributed by atoms with Gasteiger partial charge in [0.15, 0.2) is 11.7 Å². The molecule has 8 heteroatoms. The lowest BCUT2D eigenvalue weighted by Crippen LogP contribution is -2.26. The van der Waals surface area contributed by atoms with Gasteiger partial charge in [-0.05, 0) is 30.3 Å². The van der Waals surface area contributed by atoms with Gasteiger partial charge in [-0.25, -0.2) is 4.99 Å². The van der Waals surface area contributed by atoms with Gasteiger partial charge in [-0.1, -0.05) is 35.3 Å². The highest BCUT2D eigenvalue weighted by Crippen LogP contribution is 2.36. The monoisotopic (exact) mass is 337 g/mol. The molecule has 0 unspecified atom stereocenters. The fourth-order valence-corrected chi connectivity index (χ4v) is 1.93. The van der Waals surface area contributed by atoms with Crippen molar-refractivity contribution in [2.45, 2.75) is 0 Å². The van der Waals surface area contributed by atoms with Crippen LogP contribution in [0.3, 0.4) is 0 Å². The summed E-state index contributed by atoms with van der Waals surface area (Å²) in [5.41, 5.74) is 16.5. The molecule has 0 aliphatic heterocycles. The van der Waals surface area contributed by atoms with Crippen molar-refractivity contribution >= 4 is 40.8 Å². The Morgan fingerprint density at radius 1 is 0.955 bits per heavy atom. The van der Waals surface area contributed by atoms with E-state index < -0.39 is 0 Å². The Morgan fingerprint density at radius 2 is 1.68 bits per heavy atom. The second-order valence-corrected chi connectivity index (χ2v) is 4.99. The molecule has 0 fully saturated rings. The number of halogens is 2. The van der Waals surface area contributed by atoms with Crippen molar-refractivity contribution in [3.63, 3.8) is 0 Å². The second-order valence-electron chi connectivity index (χ2n) is 4.15. The predicted molar refractivity (Wildman–Crippen MR) is 90.1 cm³/mol. The number of para-hydroxylation sites is 1. The van der Waals surface area contributed by atoms with Crippen molar-refractivity contribution in [1.82, 2.24) is 0 Å². The standard InChI is InChI=1S/C14H13Cl2N5O/c15-8-5-6-12(22-11-4-2-1-3-9(11)16)10(7-8)20-14(19)21-13(17)18/h1-7H,(H6,17,18,19,20,21). The zero-order chi connectivity index (χ0) is 16.1. The lowest BCUT2D eigenvalue weighted by Gasteiger charge is -2.10. The molecule has 0 aliphatic rings. The van der Waals surface area contributed by atoms with E-state index in [0.717, 1.165) is 0 Å². The predicted octanol–water partition coefficient (Wildman–Crippen LogP) is 3.01. The molecule has 0 aliphatic carbocycles. The molecule has 0 saturated carbocycles. The van der Waals surface area contributed by atoms with Crippen LogP contribution >= 0.6 is 23.2 Å². The molecule has 0 heterocycles. The second kappa shape index (κ2) is 7.02. The van der Waals surface area contributed by atoms with Crippen molar-refractivity contribution < 1.29 is 4.74 Å². The number of aliphatic imine (C=N–C) groups is 2. The van der Waals surface area contributed by atoms with Crippen molar-refractivity contribution in [2.75, 3.05) is 0 Å². The van der Waals surface area contributed by atoms with Crippen LogP contribution in [0.1, 0.15) is 0 Å². The number of nitrogens with two attached hydrogens (primary N) is 3. The number of rotatable bonds is 3. The van der Waals surface area contributed by atoms with Gasteiger partial charge in [0.05, 0.1) is 5.02 Å². The van der Waals surface area contributed by atoms with Crippen LogP contribution in [-0.4, -0.2) is 11.9 Å². The molecule has 0 aromatic heterocycles. The molecule has 0 atom stereocenters. The topological polar surface area (TPSA) is 112 Å². The summed E-state index contributed by atoms with van der Waals surface area (Å²) in [6.07, 6.45) is 0. The van der Waals surface area contributed by atoms with Gasteiger partial charge in [-0.15, -0.1) is 0 Å². The average Bonchev–Trinajstić information content (AvgIpc) is 2.43. The molecule has 0 saturated heterocycles. The lowest BCUT2D eigenvalue weighted by molar-refractivity contribution is 0.484. The number of guanidine groups is 2. The summed E-state index contributed by atoms with van der Waals surface area (Å²) in [7, 11) is 0. The Bertz CT molecular complexity index is 742. The van der Waals surface area contributed by atoms with Gasteiger partial charge in [-0.3, -0.25) is 0 Å². The molecular weight excluding hydrogens is 325 g/mol. The Kier molecular flexibility index (Phi) is 5.08. The zero-order valence-corrected chi connectivity index (χ0v) is 12.8. The van der Waals surface area contributed by atoms with Gasteiger partial charge >= 0.3 is 0 Å². The minimum atomic E-state index is -0.197. The maximum Gasteiger partial charge on any atom is 0.223 e. The molecule has 6 nitrogen and oxygen atoms in total. The molecule has 2 rings (SSSR count). The van der Waals surface area contributed by atoms with Crippen LogP contribution < -0.4 is 21.9 Å². The number of hydrogen-bond donors (Lipinski definition) is 3. The van der Waals surface area contributed by atoms with E-state index in [1.54, 1.807) is 42.5 Å². The molecule has 2 aromatic rings. The van der Waals surface area contributed by atoms with E-state index in [1.807, 2.05) is 0 Å². The third-order valence-electron chi connectivity index (χ3n) is 2.46. The first kappa shape index (κ1) is 15.9. The first-order valence-electron chi connectivity index (χ1n) is 6.11. The number of nitrogens with zero attached hydrogens (tertiary/aromatic N) is 2. The largest absolute Gasteiger partial charge is 0.454 e. The number of benzene rings is 2. The lowest BCUT2D eigenvalue weighted by atomic mass is 10.3. The summed E-state index contributed by atoms with van der Waals surface area (Å²) in [6, 6.07) is 11.9. The van der Waals surface area contributed by atoms with E-state index in [0.29, 0.717) is 27.2 Å². The van der Waals surface area contributed by atoms with Crippen LogP contribution in [0.15, 0.2) is 52.4 Å². The Hall–Kier alpha value is -2.44. The maximum atomic E-state index is 6.07. The fourth-order valence-electron chi connectivity index (χ4n) is 1.59. The van der Waals surface area contributed by atoms with Gasteiger partial charge in [0.2, 0.25) is 5.96 Å². The van der Waals surface area contributed by atoms with E-state index in [1.165, 1.54) is 0 Å². The van der Waals surface area contributed by atoms with E-state index >= 15 is 0 Å². The molecular formula is C14H13Cl2N5O. The number of ether oxygens (including phenoxy) is 1. The molecule has 114 valence electrons. The summed E-state index contributed by atoms with van der Waals surface area (Å²) >= 11 is 12.0. The van der Waals surface area contributed by atoms with Crippen LogP contribution in [0.2, 0.25) is 10.0 Å². The quantitative estimate of drug-likeness (QED) is 0.590. The summed E-state index contributed by atoms with van der Waals surface area (Å²) in [5.74, 6) is 0.567. The summed E-state index contributed by atoms with van der Waals surface area (Å²) in [5, 5.41) is 0.923. The molecule has 0 bridgehead atoms. The zero-order valence-electron chi connectivity index (χ0n) is 11.3. The minimum absolute atomic E-state index is 0.119. The van der Waals surface area contributed by atoms with Crippen molar-refractivity contribution in [3.05, 3.63) is 52.5 Å². The van der Waals surface area contributed by atoms with Crippen LogP contribution in [0.25, 0.3) is 0 Å². The van der Waals surface area contributed by atoms with E-state index in [4.69, 9.17) is 45.1 Å². The van der Waals surface area contributed by atoms with Crippen molar-refractivity contribution in [2.24, 2.45) is 27.2 Å². The van der Waals surface area contributed by atoms with Gasteiger partial charge in [-0.2, -0.15) is 4.99 Å². The summed E-state index contributed by atoms with van der Waals surface area (Å²) in [4.78, 5) is 7.72. The Morgan fingerprint density at radius 3 is 2.36 bits per heavy atom. The summed E-state index contributed by atoms with van der Waals surface area (Å²) < 4.78 is 5.74. The van der Waals surface area contributed by atoms with Gasteiger partial charge < -0.3 is 21.9 Å². The van der Waals surface area contributed by atoms with Crippen LogP contribution in [-0.2, 0) is 0 Å². The molecule has 0 spiro atoms. The molecule has 22 heavy (non-hydrogen) atoms. The fraction of sp³-hybridized carbons (Fsp3) is 0. The van der Waals surface area contributed by atoms with E-state index in [9.17, 15) is 0 Å². The average molecular weight is 338 g/mol. The van der Waals surface area contributed by atoms with E-state index in [-0.39, 0.29) is 11.9 Å². The van der Waals surface area contributed by atoms with Crippen LogP contribution in [0.4, 0.5) is 5.69 Å². The highest BCUT2D eigenvalue weighted by Gasteiger charge is 2.08. The molecule has 0 amide bonds. The van der Waals surface area contributed by atoms with Crippen LogP contribution in [0.5, 0.6) is 11.5 Å². The third-order valence-corrected chi connectivity index (χ3v) is 3.00. The smallest absolute Gasteiger partial charge is 0.223 e. The Balaban J connectivity index is 2.40. The number of hydrogen-bond acceptors (Lipinski definition) is 2. The third kappa shape index (κ3) is 4.28. The molecule has 6 N–H and O–H groups in total. The first-order valence-corrected chi connectivity index (χ1v) is 6.87. The van der Waals surface area contributed by atoms with Gasteiger partial charge in [0, 0.05) is 5.02 Å². The molecule has 0 radical (unpaired) electrons. The SMILES string of the molecule is NC(N)=NC(N)=Nc1cc(Cl)ccc1Oc1ccccc1Cl.